The standard InChI is InChI=1S/C44H50N4O6/c1-5-7-27-53-43(51)35-37(31-23-19-29(3)20-24-31)47-40(42(50)46-34-17-13-10-14-18-34)36(44(52)54-28-8-6-2)38(32-25-21-30(4)22-26-32)48(47)39(35)41(49)45-33-15-11-9-12-16-33/h9-26,35-40H,5-8,27-28H2,1-4H3,(H,45,49)(H,46,50)/t35-,36-,37+,38+,39-,40+/m0/s1. The molecule has 10 heteroatoms. The highest BCUT2D eigenvalue weighted by atomic mass is 16.5. The highest BCUT2D eigenvalue weighted by Gasteiger charge is 2.68. The number of para-hydroxylation sites is 2. The number of hydrogen-bond donors (Lipinski definition) is 2. The first-order valence-electron chi connectivity index (χ1n) is 19.0. The van der Waals surface area contributed by atoms with Crippen LogP contribution in [-0.2, 0) is 28.7 Å². The summed E-state index contributed by atoms with van der Waals surface area (Å²) < 4.78 is 11.9. The van der Waals surface area contributed by atoms with Gasteiger partial charge in [-0.3, -0.25) is 19.2 Å². The molecule has 0 saturated carbocycles. The van der Waals surface area contributed by atoms with Crippen molar-refractivity contribution >= 4 is 35.1 Å². The third kappa shape index (κ3) is 8.25. The van der Waals surface area contributed by atoms with Gasteiger partial charge in [0.05, 0.1) is 25.3 Å². The molecule has 0 spiro atoms. The summed E-state index contributed by atoms with van der Waals surface area (Å²) in [4.78, 5) is 59.0. The van der Waals surface area contributed by atoms with Gasteiger partial charge in [0, 0.05) is 11.4 Å². The van der Waals surface area contributed by atoms with Crippen LogP contribution in [-0.4, -0.2) is 59.1 Å². The van der Waals surface area contributed by atoms with Crippen LogP contribution >= 0.6 is 0 Å². The number of hydrogen-bond acceptors (Lipinski definition) is 8. The quantitative estimate of drug-likeness (QED) is 0.101. The summed E-state index contributed by atoms with van der Waals surface area (Å²) in [6.07, 6.45) is 2.94. The fourth-order valence-corrected chi connectivity index (χ4v) is 7.56. The van der Waals surface area contributed by atoms with E-state index in [1.54, 1.807) is 34.3 Å². The van der Waals surface area contributed by atoms with Gasteiger partial charge in [0.25, 0.3) is 0 Å². The first-order chi connectivity index (χ1) is 26.2. The number of nitrogens with one attached hydrogen (secondary N) is 2. The van der Waals surface area contributed by atoms with Crippen LogP contribution in [0, 0.1) is 25.7 Å². The first-order valence-corrected chi connectivity index (χ1v) is 19.0. The van der Waals surface area contributed by atoms with Crippen molar-refractivity contribution in [1.82, 2.24) is 10.0 Å². The molecule has 2 aliphatic rings. The van der Waals surface area contributed by atoms with Gasteiger partial charge in [-0.05, 0) is 62.1 Å². The van der Waals surface area contributed by atoms with Crippen molar-refractivity contribution in [3.05, 3.63) is 131 Å². The van der Waals surface area contributed by atoms with Crippen molar-refractivity contribution in [2.45, 2.75) is 77.5 Å². The van der Waals surface area contributed by atoms with Crippen LogP contribution in [0.2, 0.25) is 0 Å². The Morgan fingerprint density at radius 1 is 0.537 bits per heavy atom. The summed E-state index contributed by atoms with van der Waals surface area (Å²) in [6.45, 7) is 8.34. The molecule has 54 heavy (non-hydrogen) atoms. The number of rotatable bonds is 14. The van der Waals surface area contributed by atoms with Gasteiger partial charge < -0.3 is 20.1 Å². The zero-order valence-corrected chi connectivity index (χ0v) is 31.4. The number of anilines is 2. The number of carbonyl (C=O) groups excluding carboxylic acids is 4. The Bertz CT molecular complexity index is 1750. The molecule has 6 rings (SSSR count). The van der Waals surface area contributed by atoms with Crippen molar-refractivity contribution < 1.29 is 28.7 Å². The molecular weight excluding hydrogens is 681 g/mol. The van der Waals surface area contributed by atoms with Crippen LogP contribution in [0.5, 0.6) is 0 Å². The molecule has 282 valence electrons. The van der Waals surface area contributed by atoms with E-state index in [-0.39, 0.29) is 13.2 Å². The van der Waals surface area contributed by atoms with Crippen molar-refractivity contribution in [1.29, 1.82) is 0 Å². The van der Waals surface area contributed by atoms with Crippen LogP contribution in [0.15, 0.2) is 109 Å². The number of nitrogens with zero attached hydrogens (tertiary/aromatic N) is 2. The van der Waals surface area contributed by atoms with E-state index < -0.39 is 59.8 Å². The molecule has 0 bridgehead atoms. The summed E-state index contributed by atoms with van der Waals surface area (Å²) in [5.74, 6) is -4.18. The highest BCUT2D eigenvalue weighted by molar-refractivity contribution is 6.01. The Balaban J connectivity index is 1.59. The summed E-state index contributed by atoms with van der Waals surface area (Å²) in [6, 6.07) is 29.5. The van der Waals surface area contributed by atoms with E-state index in [0.717, 1.165) is 24.0 Å². The highest BCUT2D eigenvalue weighted by Crippen LogP contribution is 2.56. The average molecular weight is 731 g/mol. The molecule has 4 aromatic rings. The number of fused-ring (bicyclic) bond motifs is 1. The summed E-state index contributed by atoms with van der Waals surface area (Å²) in [5.41, 5.74) is 4.51. The van der Waals surface area contributed by atoms with Gasteiger partial charge in [-0.15, -0.1) is 0 Å². The maximum Gasteiger partial charge on any atom is 0.313 e. The van der Waals surface area contributed by atoms with Crippen LogP contribution in [0.25, 0.3) is 0 Å². The third-order valence-corrected chi connectivity index (χ3v) is 10.3. The number of aryl methyl sites for hydroxylation is 2. The maximum absolute atomic E-state index is 14.9. The molecule has 2 fully saturated rings. The van der Waals surface area contributed by atoms with E-state index in [2.05, 4.69) is 10.6 Å². The lowest BCUT2D eigenvalue weighted by Crippen LogP contribution is -2.49. The monoisotopic (exact) mass is 730 g/mol. The SMILES string of the molecule is CCCCOC(=O)[C@@H]1[C@@H](C(=O)Nc2ccccc2)N2[C@H](c3ccc(C)cc3)[C@H](C(=O)OCCCC)[C@H](C(=O)Nc3ccccc3)N2[C@@H]1c1ccc(C)cc1. The van der Waals surface area contributed by atoms with Crippen LogP contribution in [0.1, 0.15) is 73.9 Å². The molecule has 4 aromatic carbocycles. The molecule has 2 saturated heterocycles. The summed E-state index contributed by atoms with van der Waals surface area (Å²) in [5, 5.41) is 9.71. The minimum atomic E-state index is -1.18. The van der Waals surface area contributed by atoms with E-state index in [1.807, 2.05) is 113 Å². The van der Waals surface area contributed by atoms with Gasteiger partial charge in [-0.2, -0.15) is 0 Å². The second kappa shape index (κ2) is 17.7. The van der Waals surface area contributed by atoms with Crippen LogP contribution in [0.4, 0.5) is 11.4 Å². The summed E-state index contributed by atoms with van der Waals surface area (Å²) in [7, 11) is 0. The van der Waals surface area contributed by atoms with E-state index in [1.165, 1.54) is 0 Å². The van der Waals surface area contributed by atoms with E-state index >= 15 is 0 Å². The Morgan fingerprint density at radius 3 is 1.22 bits per heavy atom. The smallest absolute Gasteiger partial charge is 0.313 e. The lowest BCUT2D eigenvalue weighted by molar-refractivity contribution is -0.154. The number of esters is 2. The van der Waals surface area contributed by atoms with Crippen LogP contribution < -0.4 is 10.6 Å². The predicted octanol–water partition coefficient (Wildman–Crippen LogP) is 7.57. The fraction of sp³-hybridized carbons (Fsp3) is 0.364. The molecule has 10 nitrogen and oxygen atoms in total. The second-order valence-corrected chi connectivity index (χ2v) is 14.2. The molecule has 0 aromatic heterocycles. The Labute approximate surface area is 317 Å². The number of hydrazine groups is 1. The predicted molar refractivity (Wildman–Crippen MR) is 208 cm³/mol. The van der Waals surface area contributed by atoms with Gasteiger partial charge in [0.1, 0.15) is 23.9 Å². The molecular formula is C44H50N4O6. The molecule has 2 aliphatic heterocycles. The molecule has 0 unspecified atom stereocenters. The van der Waals surface area contributed by atoms with E-state index in [0.29, 0.717) is 35.3 Å². The van der Waals surface area contributed by atoms with Gasteiger partial charge >= 0.3 is 11.9 Å². The average Bonchev–Trinajstić information content (AvgIpc) is 3.70. The molecule has 2 N–H and O–H groups in total. The zero-order chi connectivity index (χ0) is 38.2. The molecule has 2 amide bonds. The van der Waals surface area contributed by atoms with Gasteiger partial charge in [0.2, 0.25) is 11.8 Å². The zero-order valence-electron chi connectivity index (χ0n) is 31.4. The normalized spacial score (nSPS) is 22.3. The van der Waals surface area contributed by atoms with Crippen LogP contribution in [0.3, 0.4) is 0 Å². The Kier molecular flexibility index (Phi) is 12.6. The number of carbonyl (C=O) groups is 4. The molecule has 6 atom stereocenters. The van der Waals surface area contributed by atoms with Gasteiger partial charge in [0.15, 0.2) is 0 Å². The van der Waals surface area contributed by atoms with Gasteiger partial charge in [-0.25, -0.2) is 10.0 Å². The Morgan fingerprint density at radius 2 is 0.889 bits per heavy atom. The fourth-order valence-electron chi connectivity index (χ4n) is 7.56. The molecule has 0 radical (unpaired) electrons. The van der Waals surface area contributed by atoms with Crippen molar-refractivity contribution in [3.8, 4) is 0 Å². The second-order valence-electron chi connectivity index (χ2n) is 14.2. The summed E-state index contributed by atoms with van der Waals surface area (Å²) >= 11 is 0. The first kappa shape index (κ1) is 38.4. The minimum Gasteiger partial charge on any atom is -0.465 e. The van der Waals surface area contributed by atoms with Crippen molar-refractivity contribution in [2.75, 3.05) is 23.8 Å². The van der Waals surface area contributed by atoms with Crippen molar-refractivity contribution in [3.63, 3.8) is 0 Å². The minimum absolute atomic E-state index is 0.186. The lowest BCUT2D eigenvalue weighted by atomic mass is 9.81. The Hall–Kier alpha value is -5.32. The number of ether oxygens (including phenoxy) is 2. The van der Waals surface area contributed by atoms with Crippen molar-refractivity contribution in [2.24, 2.45) is 11.8 Å². The topological polar surface area (TPSA) is 117 Å². The maximum atomic E-state index is 14.9. The molecule has 2 heterocycles. The van der Waals surface area contributed by atoms with E-state index in [9.17, 15) is 19.2 Å². The molecule has 0 aliphatic carbocycles. The van der Waals surface area contributed by atoms with Gasteiger partial charge in [-0.1, -0.05) is 123 Å². The lowest BCUT2D eigenvalue weighted by Gasteiger charge is -2.33. The number of amides is 2. The number of unbranched alkanes of at least 4 members (excludes halogenated alkanes) is 2. The number of benzene rings is 4. The van der Waals surface area contributed by atoms with E-state index in [4.69, 9.17) is 9.47 Å². The third-order valence-electron chi connectivity index (χ3n) is 10.3. The largest absolute Gasteiger partial charge is 0.465 e.